The van der Waals surface area contributed by atoms with Crippen LogP contribution in [0.25, 0.3) is 0 Å². The van der Waals surface area contributed by atoms with E-state index in [-0.39, 0.29) is 26.9 Å². The van der Waals surface area contributed by atoms with E-state index in [1.54, 1.807) is 0 Å². The number of fused-ring (bicyclic) bond motifs is 1. The quantitative estimate of drug-likeness (QED) is 0.592. The van der Waals surface area contributed by atoms with Gasteiger partial charge in [-0.25, -0.2) is 0 Å². The molecular weight excluding hydrogens is 349 g/mol. The summed E-state index contributed by atoms with van der Waals surface area (Å²) < 4.78 is 0. The summed E-state index contributed by atoms with van der Waals surface area (Å²) in [5, 5.41) is 0. The molecule has 0 spiro atoms. The van der Waals surface area contributed by atoms with Gasteiger partial charge in [-0.15, -0.1) is 12.1 Å². The SMILES string of the molecule is CN(C)c1cc[c-]c(N2CN(C)c3ccccc32)c1.[CH3-].[Rh+2]. The Kier molecular flexibility index (Phi) is 5.80. The summed E-state index contributed by atoms with van der Waals surface area (Å²) in [6.07, 6.45) is 0. The minimum absolute atomic E-state index is 0. The van der Waals surface area contributed by atoms with Crippen LogP contribution in [0.3, 0.4) is 0 Å². The molecule has 2 aromatic rings. The van der Waals surface area contributed by atoms with Crippen molar-refractivity contribution in [1.82, 2.24) is 0 Å². The third-order valence-corrected chi connectivity index (χ3v) is 3.51. The van der Waals surface area contributed by atoms with Crippen molar-refractivity contribution >= 4 is 22.7 Å². The molecule has 2 aromatic carbocycles. The van der Waals surface area contributed by atoms with Crippen molar-refractivity contribution in [2.75, 3.05) is 42.5 Å². The van der Waals surface area contributed by atoms with Crippen molar-refractivity contribution in [1.29, 1.82) is 0 Å². The molecule has 1 aliphatic heterocycles. The zero-order valence-electron chi connectivity index (χ0n) is 12.9. The molecule has 0 fully saturated rings. The second kappa shape index (κ2) is 6.95. The van der Waals surface area contributed by atoms with E-state index in [1.165, 1.54) is 17.1 Å². The van der Waals surface area contributed by atoms with E-state index in [4.69, 9.17) is 0 Å². The van der Waals surface area contributed by atoms with Crippen molar-refractivity contribution < 1.29 is 19.5 Å². The van der Waals surface area contributed by atoms with E-state index < -0.39 is 0 Å². The van der Waals surface area contributed by atoms with Gasteiger partial charge in [0.2, 0.25) is 0 Å². The summed E-state index contributed by atoms with van der Waals surface area (Å²) >= 11 is 0. The first-order chi connectivity index (χ1) is 9.16. The Morgan fingerprint density at radius 1 is 1.10 bits per heavy atom. The summed E-state index contributed by atoms with van der Waals surface area (Å²) in [7, 11) is 6.24. The summed E-state index contributed by atoms with van der Waals surface area (Å²) in [6.45, 7) is 0.868. The molecule has 3 nitrogen and oxygen atoms in total. The van der Waals surface area contributed by atoms with Crippen LogP contribution in [0.1, 0.15) is 0 Å². The topological polar surface area (TPSA) is 9.72 Å². The van der Waals surface area contributed by atoms with Gasteiger partial charge in [-0.2, -0.15) is 12.1 Å². The molecule has 0 unspecified atom stereocenters. The fraction of sp³-hybridized carbons (Fsp3) is 0.235. The van der Waals surface area contributed by atoms with Crippen LogP contribution in [-0.4, -0.2) is 27.8 Å². The molecule has 1 heterocycles. The van der Waals surface area contributed by atoms with Gasteiger partial charge < -0.3 is 22.1 Å². The second-order valence-electron chi connectivity index (χ2n) is 5.08. The van der Waals surface area contributed by atoms with Gasteiger partial charge in [0.05, 0.1) is 18.0 Å². The summed E-state index contributed by atoms with van der Waals surface area (Å²) in [5.41, 5.74) is 4.83. The monoisotopic (exact) mass is 370 g/mol. The zero-order chi connectivity index (χ0) is 13.4. The molecule has 0 bridgehead atoms. The predicted molar refractivity (Wildman–Crippen MR) is 87.9 cm³/mol. The van der Waals surface area contributed by atoms with Gasteiger partial charge in [0.25, 0.3) is 0 Å². The first kappa shape index (κ1) is 17.5. The van der Waals surface area contributed by atoms with E-state index in [1.807, 2.05) is 6.07 Å². The first-order valence-corrected chi connectivity index (χ1v) is 6.43. The third-order valence-electron chi connectivity index (χ3n) is 3.51. The molecule has 4 heteroatoms. The average Bonchev–Trinajstić information content (AvgIpc) is 2.77. The fourth-order valence-corrected chi connectivity index (χ4v) is 2.46. The molecule has 0 atom stereocenters. The van der Waals surface area contributed by atoms with Crippen LogP contribution in [0, 0.1) is 13.5 Å². The molecule has 113 valence electrons. The molecule has 0 saturated heterocycles. The number of benzene rings is 2. The number of nitrogens with zero attached hydrogens (tertiary/aromatic N) is 3. The average molecular weight is 370 g/mol. The smallest absolute Gasteiger partial charge is 0.399 e. The number of hydrogen-bond donors (Lipinski definition) is 0. The van der Waals surface area contributed by atoms with Crippen LogP contribution in [0.5, 0.6) is 0 Å². The van der Waals surface area contributed by atoms with E-state index >= 15 is 0 Å². The van der Waals surface area contributed by atoms with Gasteiger partial charge in [0.1, 0.15) is 0 Å². The zero-order valence-corrected chi connectivity index (χ0v) is 14.6. The van der Waals surface area contributed by atoms with Crippen molar-refractivity contribution in [3.05, 3.63) is 56.0 Å². The molecule has 21 heavy (non-hydrogen) atoms. The molecular formula is C17H21N3Rh. The molecule has 0 aliphatic carbocycles. The van der Waals surface area contributed by atoms with Crippen molar-refractivity contribution in [2.45, 2.75) is 0 Å². The van der Waals surface area contributed by atoms with Crippen LogP contribution in [-0.2, 0) is 19.5 Å². The van der Waals surface area contributed by atoms with Crippen LogP contribution >= 0.6 is 0 Å². The second-order valence-corrected chi connectivity index (χ2v) is 5.08. The summed E-state index contributed by atoms with van der Waals surface area (Å²) in [5.74, 6) is 0. The van der Waals surface area contributed by atoms with Crippen LogP contribution in [0.2, 0.25) is 0 Å². The van der Waals surface area contributed by atoms with Gasteiger partial charge in [-0.1, -0.05) is 23.5 Å². The Morgan fingerprint density at radius 2 is 1.76 bits per heavy atom. The minimum atomic E-state index is 0. The van der Waals surface area contributed by atoms with Gasteiger partial charge in [0, 0.05) is 21.1 Å². The number of anilines is 4. The third kappa shape index (κ3) is 3.21. The molecule has 0 amide bonds. The summed E-state index contributed by atoms with van der Waals surface area (Å²) in [4.78, 5) is 6.66. The molecule has 1 aliphatic rings. The number of para-hydroxylation sites is 2. The minimum Gasteiger partial charge on any atom is -0.399 e. The predicted octanol–water partition coefficient (Wildman–Crippen LogP) is 3.55. The Morgan fingerprint density at radius 3 is 2.43 bits per heavy atom. The normalized spacial score (nSPS) is 12.3. The van der Waals surface area contributed by atoms with E-state index in [2.05, 4.69) is 78.3 Å². The maximum absolute atomic E-state index is 3.34. The van der Waals surface area contributed by atoms with Crippen molar-refractivity contribution in [2.24, 2.45) is 0 Å². The molecule has 1 radical (unpaired) electrons. The van der Waals surface area contributed by atoms with Crippen molar-refractivity contribution in [3.8, 4) is 0 Å². The largest absolute Gasteiger partial charge is 2.00 e. The van der Waals surface area contributed by atoms with Gasteiger partial charge in [-0.05, 0) is 12.1 Å². The Labute approximate surface area is 140 Å². The standard InChI is InChI=1S/C16H18N3.CH3.Rh/c1-17(2)13-7-6-8-14(11-13)19-12-18(3)15-9-4-5-10-16(15)19;;/h4-7,9-11H,12H2,1-3H3;1H3;/q2*-1;+2. The number of hydrogen-bond acceptors (Lipinski definition) is 3. The van der Waals surface area contributed by atoms with Gasteiger partial charge in [0.15, 0.2) is 0 Å². The molecule has 0 N–H and O–H groups in total. The number of rotatable bonds is 2. The van der Waals surface area contributed by atoms with Crippen molar-refractivity contribution in [3.63, 3.8) is 0 Å². The Balaban J connectivity index is 0.00000110. The maximum atomic E-state index is 3.34. The molecule has 3 rings (SSSR count). The van der Waals surface area contributed by atoms with E-state index in [0.717, 1.165) is 12.4 Å². The Hall–Kier alpha value is -1.54. The van der Waals surface area contributed by atoms with E-state index in [0.29, 0.717) is 0 Å². The fourth-order valence-electron chi connectivity index (χ4n) is 2.46. The van der Waals surface area contributed by atoms with E-state index in [9.17, 15) is 0 Å². The molecule has 0 aromatic heterocycles. The van der Waals surface area contributed by atoms with Crippen LogP contribution in [0.4, 0.5) is 22.7 Å². The maximum Gasteiger partial charge on any atom is 2.00 e. The molecule has 0 saturated carbocycles. The summed E-state index contributed by atoms with van der Waals surface area (Å²) in [6, 6.07) is 18.1. The van der Waals surface area contributed by atoms with Gasteiger partial charge in [-0.3, -0.25) is 0 Å². The Bertz CT molecular complexity index is 598. The first-order valence-electron chi connectivity index (χ1n) is 6.43. The van der Waals surface area contributed by atoms with Crippen LogP contribution < -0.4 is 14.7 Å². The van der Waals surface area contributed by atoms with Gasteiger partial charge >= 0.3 is 19.5 Å². The van der Waals surface area contributed by atoms with Crippen LogP contribution in [0.15, 0.2) is 42.5 Å².